The number of aryl methyl sites for hydroxylation is 3. The van der Waals surface area contributed by atoms with Crippen molar-refractivity contribution in [3.8, 4) is 22.8 Å². The third kappa shape index (κ3) is 7.85. The van der Waals surface area contributed by atoms with Gasteiger partial charge in [-0.1, -0.05) is 34.7 Å². The number of benzene rings is 2. The summed E-state index contributed by atoms with van der Waals surface area (Å²) in [5, 5.41) is 0. The first kappa shape index (κ1) is 37.3. The Kier molecular flexibility index (Phi) is 11.9. The topological polar surface area (TPSA) is 127 Å². The summed E-state index contributed by atoms with van der Waals surface area (Å²) in [6.07, 6.45) is 12.2. The number of methoxy groups -OCH3 is 2. The largest absolute Gasteiger partial charge is 1.00 e. The van der Waals surface area contributed by atoms with Crippen LogP contribution in [0, 0.1) is 13.8 Å². The van der Waals surface area contributed by atoms with Gasteiger partial charge in [-0.05, 0) is 96.7 Å². The van der Waals surface area contributed by atoms with Crippen LogP contribution < -0.4 is 28.5 Å². The van der Waals surface area contributed by atoms with Gasteiger partial charge in [0, 0.05) is 23.4 Å². The number of carbonyl (C=O) groups excluding carboxylic acids is 2. The SMILES string of the molecule is CI.COC(=O)c1cc(-c2nc3cc[n+](C)cc3[nH]2)c(C2CC2)cc1C.COC(=O)c1cc(-c2nc3ccncc3[nH]2)c(C2CC2)cc1C.[I-]. The first-order chi connectivity index (χ1) is 23.7. The van der Waals surface area contributed by atoms with Crippen LogP contribution in [0.15, 0.2) is 61.2 Å². The molecule has 4 aromatic heterocycles. The first-order valence-electron chi connectivity index (χ1n) is 16.2. The maximum atomic E-state index is 12.1. The van der Waals surface area contributed by atoms with Crippen molar-refractivity contribution < 1.29 is 47.6 Å². The van der Waals surface area contributed by atoms with Gasteiger partial charge in [-0.25, -0.2) is 24.1 Å². The number of aromatic nitrogens is 6. The molecular formula is C38H40I2N6O4. The van der Waals surface area contributed by atoms with Crippen molar-refractivity contribution in [1.82, 2.24) is 24.9 Å². The number of nitrogens with one attached hydrogen (secondary N) is 2. The van der Waals surface area contributed by atoms with Crippen molar-refractivity contribution >= 4 is 56.6 Å². The summed E-state index contributed by atoms with van der Waals surface area (Å²) in [6.45, 7) is 3.91. The van der Waals surface area contributed by atoms with E-state index in [4.69, 9.17) is 14.5 Å². The minimum absolute atomic E-state index is 0. The monoisotopic (exact) mass is 898 g/mol. The zero-order valence-electron chi connectivity index (χ0n) is 28.9. The maximum Gasteiger partial charge on any atom is 0.338 e. The van der Waals surface area contributed by atoms with Crippen molar-refractivity contribution in [1.29, 1.82) is 0 Å². The Labute approximate surface area is 322 Å². The van der Waals surface area contributed by atoms with Crippen LogP contribution in [-0.4, -0.2) is 56.0 Å². The number of esters is 2. The lowest BCUT2D eigenvalue weighted by atomic mass is 9.95. The molecule has 0 radical (unpaired) electrons. The Hall–Kier alpha value is -3.92. The Morgan fingerprint density at radius 1 is 0.780 bits per heavy atom. The molecule has 8 rings (SSSR count). The molecule has 0 aliphatic heterocycles. The molecule has 50 heavy (non-hydrogen) atoms. The number of hydrogen-bond acceptors (Lipinski definition) is 7. The van der Waals surface area contributed by atoms with Crippen molar-refractivity contribution in [2.45, 2.75) is 51.4 Å². The number of hydrogen-bond donors (Lipinski definition) is 2. The number of pyridine rings is 2. The highest BCUT2D eigenvalue weighted by Crippen LogP contribution is 2.46. The van der Waals surface area contributed by atoms with E-state index in [1.165, 1.54) is 51.0 Å². The smallest absolute Gasteiger partial charge is 0.338 e. The lowest BCUT2D eigenvalue weighted by molar-refractivity contribution is -0.670. The van der Waals surface area contributed by atoms with Crippen LogP contribution in [0.25, 0.3) is 44.8 Å². The van der Waals surface area contributed by atoms with Gasteiger partial charge in [0.25, 0.3) is 0 Å². The second-order valence-electron chi connectivity index (χ2n) is 12.5. The van der Waals surface area contributed by atoms with E-state index in [1.807, 2.05) is 67.1 Å². The summed E-state index contributed by atoms with van der Waals surface area (Å²) in [6, 6.07) is 11.9. The van der Waals surface area contributed by atoms with Gasteiger partial charge in [0.1, 0.15) is 29.7 Å². The summed E-state index contributed by atoms with van der Waals surface area (Å²) < 4.78 is 11.8. The van der Waals surface area contributed by atoms with Gasteiger partial charge in [-0.15, -0.1) is 0 Å². The second kappa shape index (κ2) is 16.0. The van der Waals surface area contributed by atoms with Crippen LogP contribution in [0.3, 0.4) is 0 Å². The van der Waals surface area contributed by atoms with Gasteiger partial charge in [0.2, 0.25) is 0 Å². The molecule has 0 bridgehead atoms. The number of rotatable bonds is 6. The minimum Gasteiger partial charge on any atom is -1.00 e. The van der Waals surface area contributed by atoms with Crippen LogP contribution in [-0.2, 0) is 16.5 Å². The Morgan fingerprint density at radius 3 is 1.72 bits per heavy atom. The first-order valence-corrected chi connectivity index (χ1v) is 18.4. The third-order valence-corrected chi connectivity index (χ3v) is 8.99. The standard InChI is InChI=1S/C19H19N3O2.C18H17N3O2.CH3I.HI/c1-11-8-14(12-4-5-12)15(9-13(11)19(23)24-3)18-20-16-6-7-22(2)10-17(16)21-18;1-10-7-13(11-3-4-11)14(8-12(10)18(22)23-2)17-20-15-5-6-19-9-16(15)21-17;1-2;/h6-10,12H,4-5H2,1-3H3;5-9,11H,3-4H2,1-2H3,(H,20,21);1H3;1H. The molecule has 4 heterocycles. The van der Waals surface area contributed by atoms with E-state index in [1.54, 1.807) is 12.4 Å². The number of ether oxygens (including phenoxy) is 2. The van der Waals surface area contributed by atoms with Gasteiger partial charge >= 0.3 is 11.9 Å². The molecule has 2 N–H and O–H groups in total. The summed E-state index contributed by atoms with van der Waals surface area (Å²) in [4.78, 5) is 46.3. The van der Waals surface area contributed by atoms with E-state index < -0.39 is 0 Å². The predicted octanol–water partition coefficient (Wildman–Crippen LogP) is 4.68. The number of nitrogens with zero attached hydrogens (tertiary/aromatic N) is 4. The lowest BCUT2D eigenvalue weighted by Crippen LogP contribution is -3.00. The van der Waals surface area contributed by atoms with Crippen LogP contribution >= 0.6 is 22.6 Å². The molecule has 6 aromatic rings. The molecule has 2 aromatic carbocycles. The van der Waals surface area contributed by atoms with E-state index in [2.05, 4.69) is 54.7 Å². The summed E-state index contributed by atoms with van der Waals surface area (Å²) in [5.41, 5.74) is 11.3. The molecule has 260 valence electrons. The van der Waals surface area contributed by atoms with Crippen molar-refractivity contribution in [2.75, 3.05) is 19.2 Å². The highest BCUT2D eigenvalue weighted by molar-refractivity contribution is 14.1. The van der Waals surface area contributed by atoms with Crippen LogP contribution in [0.1, 0.15) is 80.5 Å². The molecule has 0 unspecified atom stereocenters. The molecule has 12 heteroatoms. The zero-order valence-corrected chi connectivity index (χ0v) is 33.2. The van der Waals surface area contributed by atoms with Gasteiger partial charge in [0.05, 0.1) is 42.6 Å². The van der Waals surface area contributed by atoms with E-state index >= 15 is 0 Å². The number of imidazole rings is 2. The lowest BCUT2D eigenvalue weighted by Gasteiger charge is -2.12. The molecule has 0 atom stereocenters. The fourth-order valence-electron chi connectivity index (χ4n) is 6.17. The molecular weight excluding hydrogens is 858 g/mol. The summed E-state index contributed by atoms with van der Waals surface area (Å²) >= 11 is 2.15. The number of fused-ring (bicyclic) bond motifs is 2. The summed E-state index contributed by atoms with van der Waals surface area (Å²) in [5.74, 6) is 2.09. The molecule has 2 aliphatic carbocycles. The van der Waals surface area contributed by atoms with Crippen molar-refractivity contribution in [2.24, 2.45) is 7.05 Å². The fraction of sp³-hybridized carbons (Fsp3) is 0.316. The Morgan fingerprint density at radius 2 is 1.26 bits per heavy atom. The van der Waals surface area contributed by atoms with E-state index in [-0.39, 0.29) is 35.9 Å². The molecule has 0 saturated heterocycles. The fourth-order valence-corrected chi connectivity index (χ4v) is 6.17. The molecule has 0 amide bonds. The normalized spacial score (nSPS) is 13.4. The van der Waals surface area contributed by atoms with E-state index in [0.29, 0.717) is 23.0 Å². The molecule has 10 nitrogen and oxygen atoms in total. The van der Waals surface area contributed by atoms with Crippen molar-refractivity contribution in [3.05, 3.63) is 94.6 Å². The second-order valence-corrected chi connectivity index (χ2v) is 12.5. The highest BCUT2D eigenvalue weighted by atomic mass is 127. The van der Waals surface area contributed by atoms with Gasteiger partial charge < -0.3 is 43.4 Å². The maximum absolute atomic E-state index is 12.1. The van der Waals surface area contributed by atoms with Gasteiger partial charge in [-0.3, -0.25) is 4.98 Å². The quantitative estimate of drug-likeness (QED) is 0.108. The Balaban J connectivity index is 0.000000182. The number of alkyl halides is 1. The van der Waals surface area contributed by atoms with Gasteiger partial charge in [-0.2, -0.15) is 0 Å². The third-order valence-electron chi connectivity index (χ3n) is 8.99. The molecule has 2 aliphatic rings. The minimum atomic E-state index is -0.316. The average molecular weight is 899 g/mol. The molecule has 2 saturated carbocycles. The van der Waals surface area contributed by atoms with Crippen LogP contribution in [0.2, 0.25) is 0 Å². The predicted molar refractivity (Wildman–Crippen MR) is 198 cm³/mol. The number of carbonyl (C=O) groups is 2. The zero-order chi connectivity index (χ0) is 34.8. The molecule has 2 fully saturated rings. The Bertz CT molecular complexity index is 2150. The molecule has 0 spiro atoms. The van der Waals surface area contributed by atoms with E-state index in [0.717, 1.165) is 56.0 Å². The van der Waals surface area contributed by atoms with Crippen LogP contribution in [0.5, 0.6) is 0 Å². The number of H-pyrrole nitrogens is 2. The highest BCUT2D eigenvalue weighted by Gasteiger charge is 2.30. The van der Waals surface area contributed by atoms with Crippen molar-refractivity contribution in [3.63, 3.8) is 0 Å². The van der Waals surface area contributed by atoms with E-state index in [9.17, 15) is 9.59 Å². The average Bonchev–Trinajstić information content (AvgIpc) is 4.06. The van der Waals surface area contributed by atoms with Crippen LogP contribution in [0.4, 0.5) is 0 Å². The number of halogens is 2. The summed E-state index contributed by atoms with van der Waals surface area (Å²) in [7, 11) is 4.80. The van der Waals surface area contributed by atoms with Gasteiger partial charge in [0.15, 0.2) is 12.4 Å². The number of aromatic amines is 2.